The van der Waals surface area contributed by atoms with Crippen molar-refractivity contribution in [3.63, 3.8) is 0 Å². The fourth-order valence-electron chi connectivity index (χ4n) is 8.59. The third-order valence-electron chi connectivity index (χ3n) is 12.2. The van der Waals surface area contributed by atoms with Crippen molar-refractivity contribution in [3.8, 4) is 0 Å². The maximum atomic E-state index is 13.8. The summed E-state index contributed by atoms with van der Waals surface area (Å²) in [6.45, 7) is 0.196. The molecule has 0 fully saturated rings. The van der Waals surface area contributed by atoms with Gasteiger partial charge in [0.15, 0.2) is 0 Å². The van der Waals surface area contributed by atoms with Crippen LogP contribution in [0.2, 0.25) is 0 Å². The van der Waals surface area contributed by atoms with Gasteiger partial charge in [-0.25, -0.2) is 27.2 Å². The number of aliphatic hydroxyl groups excluding tert-OH is 1. The number of rotatable bonds is 8. The quantitative estimate of drug-likeness (QED) is 0.115. The van der Waals surface area contributed by atoms with Crippen LogP contribution in [0.4, 0.5) is 18.2 Å². The van der Waals surface area contributed by atoms with Crippen molar-refractivity contribution in [3.05, 3.63) is 195 Å². The van der Waals surface area contributed by atoms with E-state index in [0.29, 0.717) is 48.8 Å². The van der Waals surface area contributed by atoms with Gasteiger partial charge in [0.05, 0.1) is 86.5 Å². The summed E-state index contributed by atoms with van der Waals surface area (Å²) < 4.78 is 53.1. The Kier molecular flexibility index (Phi) is 12.3. The van der Waals surface area contributed by atoms with E-state index in [1.807, 2.05) is 40.7 Å². The number of nitro groups is 1. The first-order chi connectivity index (χ1) is 34.2. The topological polar surface area (TPSA) is 183 Å². The lowest BCUT2D eigenvalue weighted by atomic mass is 10.2. The summed E-state index contributed by atoms with van der Waals surface area (Å²) in [6.07, 6.45) is 4.83. The molecule has 3 aromatic carbocycles. The first-order valence-corrected chi connectivity index (χ1v) is 24.1. The molecule has 22 heteroatoms. The monoisotopic (exact) mass is 1010 g/mol. The van der Waals surface area contributed by atoms with E-state index >= 15 is 0 Å². The highest BCUT2D eigenvalue weighted by Crippen LogP contribution is 2.37. The largest absolute Gasteiger partial charge is 0.391 e. The van der Waals surface area contributed by atoms with Crippen molar-refractivity contribution in [2.45, 2.75) is 26.2 Å². The Labute approximate surface area is 409 Å². The number of hydrogen-bond acceptors (Lipinski definition) is 12. The highest BCUT2D eigenvalue weighted by Gasteiger charge is 2.22. The SMILES string of the molecule is Cn1c2cc(CO)sc2c2cnn(Cc3ccccc3F)c(=O)c21.Cn1c2cc([N+](=O)[O-])sc2c2cnn(Cc3ccccc3F)c(=O)c21.Cn1c2ccsc2c2cnn(Cc3ccccc3F)c(=O)c21. The molecule has 9 aromatic heterocycles. The van der Waals surface area contributed by atoms with Crippen molar-refractivity contribution in [2.75, 3.05) is 0 Å². The second-order valence-corrected chi connectivity index (χ2v) is 19.4. The predicted octanol–water partition coefficient (Wildman–Crippen LogP) is 8.81. The van der Waals surface area contributed by atoms with Crippen LogP contribution in [0.3, 0.4) is 0 Å². The van der Waals surface area contributed by atoms with E-state index in [1.54, 1.807) is 89.9 Å². The van der Waals surface area contributed by atoms with Crippen molar-refractivity contribution < 1.29 is 23.2 Å². The van der Waals surface area contributed by atoms with Gasteiger partial charge in [0.25, 0.3) is 16.7 Å². The molecule has 1 N–H and O–H groups in total. The van der Waals surface area contributed by atoms with Crippen LogP contribution in [-0.2, 0) is 47.4 Å². The fourth-order valence-corrected chi connectivity index (χ4v) is 11.6. The third-order valence-corrected chi connectivity index (χ3v) is 15.3. The average Bonchev–Trinajstić information content (AvgIpc) is 4.22. The number of benzene rings is 3. The minimum Gasteiger partial charge on any atom is -0.391 e. The minimum atomic E-state index is -0.455. The number of thiophene rings is 3. The van der Waals surface area contributed by atoms with Crippen LogP contribution in [0.5, 0.6) is 0 Å². The molecule has 0 aliphatic rings. The molecule has 0 radical (unpaired) electrons. The van der Waals surface area contributed by atoms with Crippen molar-refractivity contribution in [1.29, 1.82) is 0 Å². The average molecular weight is 1020 g/mol. The standard InChI is InChI=1S/C17H14FN3O2S.C16H11FN4O3S.C16H12FN3OS/c1-20-14-6-11(9-22)24-16(14)12-7-19-21(17(23)15(12)20)8-10-4-2-3-5-13(10)18;1-19-12-6-13(21(23)24)25-15(12)10-7-18-20(16(22)14(10)19)8-9-4-2-3-5-11(9)17;1-19-13-6-7-22-15(13)11-8-18-20(16(21)14(11)19)9-10-4-2-3-5-12(10)17/h2-7,22H,8-9H2,1H3;2-7H,8H2,1H3;2-8H,9H2,1H3. The first kappa shape index (κ1) is 46.7. The van der Waals surface area contributed by atoms with Gasteiger partial charge in [0.2, 0.25) is 0 Å². The maximum absolute atomic E-state index is 13.8. The zero-order valence-corrected chi connectivity index (χ0v) is 40.1. The van der Waals surface area contributed by atoms with Crippen LogP contribution in [-0.4, -0.2) is 53.1 Å². The smallest absolute Gasteiger partial charge is 0.326 e. The van der Waals surface area contributed by atoms with Gasteiger partial charge in [-0.3, -0.25) is 24.5 Å². The molecule has 0 aliphatic heterocycles. The van der Waals surface area contributed by atoms with Crippen molar-refractivity contribution in [1.82, 2.24) is 43.0 Å². The van der Waals surface area contributed by atoms with E-state index in [2.05, 4.69) is 15.3 Å². The Bertz CT molecular complexity index is 4250. The highest BCUT2D eigenvalue weighted by atomic mass is 32.1. The van der Waals surface area contributed by atoms with E-state index in [9.17, 15) is 42.8 Å². The number of hydrogen-bond donors (Lipinski definition) is 1. The summed E-state index contributed by atoms with van der Waals surface area (Å²) in [6, 6.07) is 24.3. The molecular formula is C49H37F3N10O6S3. The number of nitrogens with zero attached hydrogens (tertiary/aromatic N) is 10. The number of aliphatic hydroxyl groups is 1. The van der Waals surface area contributed by atoms with Crippen LogP contribution in [0.15, 0.2) is 129 Å². The van der Waals surface area contributed by atoms with Crippen molar-refractivity contribution in [2.24, 2.45) is 21.1 Å². The molecule has 71 heavy (non-hydrogen) atoms. The molecule has 16 nitrogen and oxygen atoms in total. The van der Waals surface area contributed by atoms with E-state index in [4.69, 9.17) is 0 Å². The molecule has 0 saturated carbocycles. The van der Waals surface area contributed by atoms with Crippen LogP contribution in [0.1, 0.15) is 21.6 Å². The lowest BCUT2D eigenvalue weighted by Crippen LogP contribution is -2.24. The first-order valence-electron chi connectivity index (χ1n) is 21.6. The van der Waals surface area contributed by atoms with Gasteiger partial charge in [-0.1, -0.05) is 65.9 Å². The lowest BCUT2D eigenvalue weighted by Gasteiger charge is -2.06. The number of aryl methyl sites for hydroxylation is 3. The van der Waals surface area contributed by atoms with E-state index in [0.717, 1.165) is 47.4 Å². The molecule has 0 aliphatic carbocycles. The van der Waals surface area contributed by atoms with Crippen LogP contribution >= 0.6 is 34.0 Å². The molecule has 358 valence electrons. The summed E-state index contributed by atoms with van der Waals surface area (Å²) in [5.41, 5.74) is 4.45. The Morgan fingerprint density at radius 3 is 1.38 bits per heavy atom. The summed E-state index contributed by atoms with van der Waals surface area (Å²) in [5, 5.41) is 37.0. The molecular weight excluding hydrogens is 978 g/mol. The third kappa shape index (κ3) is 8.28. The molecule has 0 amide bonds. The highest BCUT2D eigenvalue weighted by molar-refractivity contribution is 7.23. The Balaban J connectivity index is 0.000000123. The summed E-state index contributed by atoms with van der Waals surface area (Å²) in [5.74, 6) is -1.09. The molecule has 0 atom stereocenters. The summed E-state index contributed by atoms with van der Waals surface area (Å²) in [7, 11) is 5.36. The summed E-state index contributed by atoms with van der Waals surface area (Å²) in [4.78, 5) is 49.6. The molecule has 0 spiro atoms. The minimum absolute atomic E-state index is 0.0121. The van der Waals surface area contributed by atoms with Crippen molar-refractivity contribution >= 4 is 102 Å². The summed E-state index contributed by atoms with van der Waals surface area (Å²) >= 11 is 4.05. The van der Waals surface area contributed by atoms with Gasteiger partial charge >= 0.3 is 5.00 Å². The zero-order chi connectivity index (χ0) is 49.8. The van der Waals surface area contributed by atoms with Crippen LogP contribution in [0.25, 0.3) is 63.4 Å². The van der Waals surface area contributed by atoms with E-state index in [1.165, 1.54) is 55.8 Å². The number of aromatic nitrogens is 9. The Morgan fingerprint density at radius 1 is 0.563 bits per heavy atom. The maximum Gasteiger partial charge on any atom is 0.326 e. The number of halogens is 3. The van der Waals surface area contributed by atoms with Crippen LogP contribution in [0, 0.1) is 27.6 Å². The molecule has 12 rings (SSSR count). The van der Waals surface area contributed by atoms with Gasteiger partial charge in [-0.15, -0.1) is 22.7 Å². The molecule has 0 saturated heterocycles. The molecule has 12 aromatic rings. The van der Waals surface area contributed by atoms with Gasteiger partial charge in [-0.2, -0.15) is 15.3 Å². The second-order valence-electron chi connectivity index (χ2n) is 16.3. The molecule has 9 heterocycles. The predicted molar refractivity (Wildman–Crippen MR) is 270 cm³/mol. The zero-order valence-electron chi connectivity index (χ0n) is 37.6. The van der Waals surface area contributed by atoms with Gasteiger partial charge in [0.1, 0.15) is 34.0 Å². The fraction of sp³-hybridized carbons (Fsp3) is 0.143. The Morgan fingerprint density at radius 2 is 0.958 bits per heavy atom. The van der Waals surface area contributed by atoms with Gasteiger partial charge in [0, 0.05) is 58.9 Å². The number of fused-ring (bicyclic) bond motifs is 9. The van der Waals surface area contributed by atoms with Gasteiger partial charge < -0.3 is 18.8 Å². The van der Waals surface area contributed by atoms with Crippen LogP contribution < -0.4 is 16.7 Å². The van der Waals surface area contributed by atoms with E-state index in [-0.39, 0.29) is 59.6 Å². The molecule has 0 bridgehead atoms. The normalized spacial score (nSPS) is 11.5. The van der Waals surface area contributed by atoms with E-state index < -0.39 is 10.7 Å². The Hall–Kier alpha value is -8.05. The molecule has 0 unspecified atom stereocenters. The van der Waals surface area contributed by atoms with Gasteiger partial charge in [-0.05, 0) is 35.7 Å². The lowest BCUT2D eigenvalue weighted by molar-refractivity contribution is -0.380. The second kappa shape index (κ2) is 18.7.